The van der Waals surface area contributed by atoms with Crippen LogP contribution in [-0.4, -0.2) is 24.9 Å². The normalized spacial score (nSPS) is 40.0. The van der Waals surface area contributed by atoms with Crippen molar-refractivity contribution in [2.24, 2.45) is 46.3 Å². The fourth-order valence-electron chi connectivity index (χ4n) is 11.2. The molecule has 0 aliphatic heterocycles. The number of carbonyl (C=O) groups is 2. The number of amides is 2. The molecule has 8 aliphatic carbocycles. The molecule has 0 heterocycles. The average molecular weight is 525 g/mol. The lowest BCUT2D eigenvalue weighted by atomic mass is 9.49. The summed E-state index contributed by atoms with van der Waals surface area (Å²) in [6.07, 6.45) is 28.3. The Labute approximate surface area is 232 Å². The van der Waals surface area contributed by atoms with E-state index in [1.165, 1.54) is 128 Å². The minimum atomic E-state index is 0.0226. The van der Waals surface area contributed by atoms with Crippen LogP contribution in [0.5, 0.6) is 0 Å². The Hall–Kier alpha value is -1.06. The summed E-state index contributed by atoms with van der Waals surface area (Å²) in [6, 6.07) is 0. The van der Waals surface area contributed by atoms with E-state index in [9.17, 15) is 9.59 Å². The van der Waals surface area contributed by atoms with E-state index in [-0.39, 0.29) is 10.8 Å². The molecule has 0 unspecified atom stereocenters. The Morgan fingerprint density at radius 1 is 0.421 bits per heavy atom. The van der Waals surface area contributed by atoms with Crippen molar-refractivity contribution in [3.05, 3.63) is 0 Å². The molecule has 0 aromatic carbocycles. The molecule has 8 rings (SSSR count). The lowest BCUT2D eigenvalue weighted by Gasteiger charge is -2.55. The van der Waals surface area contributed by atoms with Crippen molar-refractivity contribution in [3.63, 3.8) is 0 Å². The SMILES string of the molecule is O=C(NCCCCCCCCCCCCNC(=O)C12CC3CC(CC(C3)C1)C2)C12CC3CC(CC(C3)C1)C2. The van der Waals surface area contributed by atoms with Crippen LogP contribution >= 0.6 is 0 Å². The predicted octanol–water partition coefficient (Wildman–Crippen LogP) is 7.55. The van der Waals surface area contributed by atoms with Crippen LogP contribution in [0, 0.1) is 46.3 Å². The van der Waals surface area contributed by atoms with Gasteiger partial charge in [-0.3, -0.25) is 9.59 Å². The van der Waals surface area contributed by atoms with Crippen molar-refractivity contribution in [2.45, 2.75) is 141 Å². The van der Waals surface area contributed by atoms with Crippen LogP contribution < -0.4 is 10.6 Å². The molecular weight excluding hydrogens is 468 g/mol. The van der Waals surface area contributed by atoms with Crippen molar-refractivity contribution in [3.8, 4) is 0 Å². The van der Waals surface area contributed by atoms with Gasteiger partial charge < -0.3 is 10.6 Å². The average Bonchev–Trinajstić information content (AvgIpc) is 2.87. The molecule has 8 fully saturated rings. The second-order valence-electron chi connectivity index (χ2n) is 15.4. The fourth-order valence-corrected chi connectivity index (χ4v) is 11.2. The standard InChI is InChI=1S/C34H56N2O2/c37-31(33-19-25-13-26(20-33)15-27(14-25)21-33)35-11-9-7-5-3-1-2-4-6-8-10-12-36-32(38)34-22-28-16-29(23-34)18-30(17-28)24-34/h25-30H,1-24H2,(H,35,37)(H,36,38). The summed E-state index contributed by atoms with van der Waals surface area (Å²) in [5.74, 6) is 5.92. The smallest absolute Gasteiger partial charge is 0.226 e. The van der Waals surface area contributed by atoms with E-state index < -0.39 is 0 Å². The van der Waals surface area contributed by atoms with E-state index in [1.807, 2.05) is 0 Å². The van der Waals surface area contributed by atoms with Gasteiger partial charge in [0.15, 0.2) is 0 Å². The Balaban J connectivity index is 0.734. The zero-order chi connectivity index (χ0) is 26.0. The molecule has 8 aliphatic rings. The first kappa shape index (κ1) is 27.1. The number of nitrogens with one attached hydrogen (secondary N) is 2. The number of carbonyl (C=O) groups excluding carboxylic acids is 2. The summed E-state index contributed by atoms with van der Waals surface area (Å²) >= 11 is 0. The van der Waals surface area contributed by atoms with Gasteiger partial charge in [-0.05, 0) is 125 Å². The van der Waals surface area contributed by atoms with Crippen molar-refractivity contribution < 1.29 is 9.59 Å². The van der Waals surface area contributed by atoms with Crippen LogP contribution in [-0.2, 0) is 9.59 Å². The first-order valence-corrected chi connectivity index (χ1v) is 17.1. The molecule has 0 aromatic rings. The largest absolute Gasteiger partial charge is 0.356 e. The molecule has 2 N–H and O–H groups in total. The van der Waals surface area contributed by atoms with Gasteiger partial charge in [0.25, 0.3) is 0 Å². The summed E-state index contributed by atoms with van der Waals surface area (Å²) in [7, 11) is 0. The Morgan fingerprint density at radius 3 is 0.921 bits per heavy atom. The van der Waals surface area contributed by atoms with Crippen molar-refractivity contribution in [2.75, 3.05) is 13.1 Å². The zero-order valence-electron chi connectivity index (χ0n) is 24.3. The molecular formula is C34H56N2O2. The molecule has 0 radical (unpaired) electrons. The summed E-state index contributed by atoms with van der Waals surface area (Å²) in [4.78, 5) is 26.1. The quantitative estimate of drug-likeness (QED) is 0.217. The van der Waals surface area contributed by atoms with Crippen LogP contribution in [0.15, 0.2) is 0 Å². The van der Waals surface area contributed by atoms with E-state index in [1.54, 1.807) is 0 Å². The van der Waals surface area contributed by atoms with E-state index in [4.69, 9.17) is 0 Å². The van der Waals surface area contributed by atoms with E-state index in [0.717, 1.165) is 61.4 Å². The molecule has 0 saturated heterocycles. The minimum absolute atomic E-state index is 0.0226. The van der Waals surface area contributed by atoms with Gasteiger partial charge in [0.1, 0.15) is 0 Å². The zero-order valence-corrected chi connectivity index (χ0v) is 24.3. The third kappa shape index (κ3) is 5.99. The topological polar surface area (TPSA) is 58.2 Å². The predicted molar refractivity (Wildman–Crippen MR) is 153 cm³/mol. The molecule has 4 heteroatoms. The van der Waals surface area contributed by atoms with Gasteiger partial charge in [0.2, 0.25) is 11.8 Å². The molecule has 8 bridgehead atoms. The summed E-state index contributed by atoms with van der Waals surface area (Å²) in [5, 5.41) is 6.70. The maximum Gasteiger partial charge on any atom is 0.226 e. The Bertz CT molecular complexity index is 696. The van der Waals surface area contributed by atoms with Gasteiger partial charge in [-0.1, -0.05) is 51.4 Å². The molecule has 0 spiro atoms. The summed E-state index contributed by atoms with van der Waals surface area (Å²) in [5.41, 5.74) is 0.0452. The highest BCUT2D eigenvalue weighted by atomic mass is 16.2. The second kappa shape index (κ2) is 11.8. The number of hydrogen-bond donors (Lipinski definition) is 2. The van der Waals surface area contributed by atoms with Crippen LogP contribution in [0.2, 0.25) is 0 Å². The van der Waals surface area contributed by atoms with Crippen LogP contribution in [0.4, 0.5) is 0 Å². The third-order valence-electron chi connectivity index (χ3n) is 12.2. The highest BCUT2D eigenvalue weighted by Crippen LogP contribution is 2.61. The molecule has 0 atom stereocenters. The van der Waals surface area contributed by atoms with Crippen molar-refractivity contribution >= 4 is 11.8 Å². The molecule has 2 amide bonds. The highest BCUT2D eigenvalue weighted by Gasteiger charge is 2.55. The maximum atomic E-state index is 13.0. The number of unbranched alkanes of at least 4 members (excludes halogenated alkanes) is 9. The van der Waals surface area contributed by atoms with Crippen LogP contribution in [0.25, 0.3) is 0 Å². The highest BCUT2D eigenvalue weighted by molar-refractivity contribution is 5.83. The lowest BCUT2D eigenvalue weighted by molar-refractivity contribution is -0.146. The van der Waals surface area contributed by atoms with Gasteiger partial charge in [-0.2, -0.15) is 0 Å². The minimum Gasteiger partial charge on any atom is -0.356 e. The molecule has 4 nitrogen and oxygen atoms in total. The first-order chi connectivity index (χ1) is 18.5. The van der Waals surface area contributed by atoms with E-state index in [2.05, 4.69) is 10.6 Å². The van der Waals surface area contributed by atoms with Crippen LogP contribution in [0.3, 0.4) is 0 Å². The molecule has 0 aromatic heterocycles. The summed E-state index contributed by atoms with van der Waals surface area (Å²) in [6.45, 7) is 1.78. The van der Waals surface area contributed by atoms with Gasteiger partial charge >= 0.3 is 0 Å². The van der Waals surface area contributed by atoms with E-state index in [0.29, 0.717) is 11.8 Å². The monoisotopic (exact) mass is 524 g/mol. The van der Waals surface area contributed by atoms with Gasteiger partial charge in [0, 0.05) is 23.9 Å². The Kier molecular flexibility index (Phi) is 8.43. The lowest BCUT2D eigenvalue weighted by Crippen LogP contribution is -2.53. The second-order valence-corrected chi connectivity index (χ2v) is 15.4. The maximum absolute atomic E-state index is 13.0. The number of rotatable bonds is 15. The molecule has 38 heavy (non-hydrogen) atoms. The van der Waals surface area contributed by atoms with Gasteiger partial charge in [-0.25, -0.2) is 0 Å². The fraction of sp³-hybridized carbons (Fsp3) is 0.941. The van der Waals surface area contributed by atoms with Gasteiger partial charge in [-0.15, -0.1) is 0 Å². The third-order valence-corrected chi connectivity index (χ3v) is 12.2. The van der Waals surface area contributed by atoms with E-state index >= 15 is 0 Å². The summed E-state index contributed by atoms with van der Waals surface area (Å²) < 4.78 is 0. The molecule has 214 valence electrons. The van der Waals surface area contributed by atoms with Crippen LogP contribution in [0.1, 0.15) is 141 Å². The molecule has 8 saturated carbocycles. The Morgan fingerprint density at radius 2 is 0.658 bits per heavy atom. The number of hydrogen-bond acceptors (Lipinski definition) is 2. The first-order valence-electron chi connectivity index (χ1n) is 17.1. The van der Waals surface area contributed by atoms with Crippen molar-refractivity contribution in [1.29, 1.82) is 0 Å². The van der Waals surface area contributed by atoms with Crippen molar-refractivity contribution in [1.82, 2.24) is 10.6 Å². The van der Waals surface area contributed by atoms with Gasteiger partial charge in [0.05, 0.1) is 0 Å².